The standard InChI is InChI=1S/C12H24N2O3/c1-10(2)17-7-3-5-13-12(16)9-14-6-4-11(15)8-14/h10-11,15H,3-9H2,1-2H3,(H,13,16)/t11-/m0/s1. The quantitative estimate of drug-likeness (QED) is 0.618. The summed E-state index contributed by atoms with van der Waals surface area (Å²) in [4.78, 5) is 13.5. The van der Waals surface area contributed by atoms with Crippen LogP contribution in [0.4, 0.5) is 0 Å². The van der Waals surface area contributed by atoms with Crippen LogP contribution in [0.5, 0.6) is 0 Å². The number of aliphatic hydroxyl groups is 1. The van der Waals surface area contributed by atoms with Crippen molar-refractivity contribution in [3.8, 4) is 0 Å². The Hall–Kier alpha value is -0.650. The SMILES string of the molecule is CC(C)OCCCNC(=O)CN1CC[C@H](O)C1. The molecule has 0 aromatic heterocycles. The lowest BCUT2D eigenvalue weighted by Crippen LogP contribution is -2.37. The number of hydrogen-bond acceptors (Lipinski definition) is 4. The molecule has 1 rings (SSSR count). The lowest BCUT2D eigenvalue weighted by molar-refractivity contribution is -0.122. The van der Waals surface area contributed by atoms with Gasteiger partial charge in [-0.25, -0.2) is 0 Å². The molecule has 0 spiro atoms. The number of nitrogens with zero attached hydrogens (tertiary/aromatic N) is 1. The Morgan fingerprint density at radius 1 is 1.59 bits per heavy atom. The summed E-state index contributed by atoms with van der Waals surface area (Å²) in [6, 6.07) is 0. The number of amides is 1. The van der Waals surface area contributed by atoms with E-state index in [0.717, 1.165) is 19.4 Å². The number of β-amino-alcohol motifs (C(OH)–C–C–N with tert-alkyl or cyclic N) is 1. The van der Waals surface area contributed by atoms with Crippen molar-refractivity contribution in [2.45, 2.75) is 38.9 Å². The molecule has 1 aliphatic rings. The van der Waals surface area contributed by atoms with E-state index in [4.69, 9.17) is 4.74 Å². The highest BCUT2D eigenvalue weighted by molar-refractivity contribution is 5.78. The van der Waals surface area contributed by atoms with Gasteiger partial charge in [-0.2, -0.15) is 0 Å². The highest BCUT2D eigenvalue weighted by Crippen LogP contribution is 2.07. The van der Waals surface area contributed by atoms with E-state index in [2.05, 4.69) is 5.32 Å². The Morgan fingerprint density at radius 3 is 2.94 bits per heavy atom. The maximum Gasteiger partial charge on any atom is 0.234 e. The molecule has 0 aromatic carbocycles. The van der Waals surface area contributed by atoms with E-state index in [0.29, 0.717) is 26.2 Å². The van der Waals surface area contributed by atoms with E-state index in [1.54, 1.807) is 0 Å². The van der Waals surface area contributed by atoms with Gasteiger partial charge in [-0.3, -0.25) is 9.69 Å². The van der Waals surface area contributed by atoms with Crippen LogP contribution in [0.3, 0.4) is 0 Å². The van der Waals surface area contributed by atoms with Crippen molar-refractivity contribution in [1.29, 1.82) is 0 Å². The lowest BCUT2D eigenvalue weighted by atomic mass is 10.3. The van der Waals surface area contributed by atoms with Gasteiger partial charge in [-0.15, -0.1) is 0 Å². The van der Waals surface area contributed by atoms with Gasteiger partial charge >= 0.3 is 0 Å². The average molecular weight is 244 g/mol. The first-order valence-corrected chi connectivity index (χ1v) is 6.36. The second kappa shape index (κ2) is 7.63. The number of hydrogen-bond donors (Lipinski definition) is 2. The number of likely N-dealkylation sites (tertiary alicyclic amines) is 1. The minimum atomic E-state index is -0.262. The second-order valence-electron chi connectivity index (χ2n) is 4.80. The largest absolute Gasteiger partial charge is 0.392 e. The number of carbonyl (C=O) groups excluding carboxylic acids is 1. The zero-order chi connectivity index (χ0) is 12.7. The molecule has 0 radical (unpaired) electrons. The predicted molar refractivity (Wildman–Crippen MR) is 65.8 cm³/mol. The number of aliphatic hydroxyl groups excluding tert-OH is 1. The van der Waals surface area contributed by atoms with Crippen molar-refractivity contribution >= 4 is 5.91 Å². The van der Waals surface area contributed by atoms with Gasteiger partial charge in [0.05, 0.1) is 18.8 Å². The first-order chi connectivity index (χ1) is 8.08. The molecule has 5 nitrogen and oxygen atoms in total. The van der Waals surface area contributed by atoms with Crippen LogP contribution in [-0.4, -0.2) is 60.9 Å². The molecule has 5 heteroatoms. The zero-order valence-corrected chi connectivity index (χ0v) is 10.8. The topological polar surface area (TPSA) is 61.8 Å². The molecule has 0 saturated carbocycles. The molecule has 0 aromatic rings. The lowest BCUT2D eigenvalue weighted by Gasteiger charge is -2.14. The number of ether oxygens (including phenoxy) is 1. The van der Waals surface area contributed by atoms with E-state index in [9.17, 15) is 9.90 Å². The molecule has 0 bridgehead atoms. The van der Waals surface area contributed by atoms with Crippen molar-refractivity contribution in [2.75, 3.05) is 32.8 Å². The van der Waals surface area contributed by atoms with E-state index >= 15 is 0 Å². The first-order valence-electron chi connectivity index (χ1n) is 6.36. The molecule has 1 saturated heterocycles. The van der Waals surface area contributed by atoms with Crippen LogP contribution in [0.25, 0.3) is 0 Å². The number of nitrogens with one attached hydrogen (secondary N) is 1. The molecule has 2 N–H and O–H groups in total. The normalized spacial score (nSPS) is 21.1. The van der Waals surface area contributed by atoms with Crippen LogP contribution in [-0.2, 0) is 9.53 Å². The zero-order valence-electron chi connectivity index (χ0n) is 10.8. The third-order valence-electron chi connectivity index (χ3n) is 2.71. The number of carbonyl (C=O) groups is 1. The van der Waals surface area contributed by atoms with Crippen LogP contribution < -0.4 is 5.32 Å². The van der Waals surface area contributed by atoms with Crippen LogP contribution in [0, 0.1) is 0 Å². The molecule has 1 amide bonds. The maximum absolute atomic E-state index is 11.5. The summed E-state index contributed by atoms with van der Waals surface area (Å²) in [7, 11) is 0. The molecule has 17 heavy (non-hydrogen) atoms. The Kier molecular flexibility index (Phi) is 6.47. The Balaban J connectivity index is 1.98. The van der Waals surface area contributed by atoms with Gasteiger partial charge < -0.3 is 15.2 Å². The third-order valence-corrected chi connectivity index (χ3v) is 2.71. The maximum atomic E-state index is 11.5. The van der Waals surface area contributed by atoms with Gasteiger partial charge in [0.2, 0.25) is 5.91 Å². The van der Waals surface area contributed by atoms with Crippen molar-refractivity contribution in [3.63, 3.8) is 0 Å². The molecule has 1 fully saturated rings. The molecule has 0 aliphatic carbocycles. The van der Waals surface area contributed by atoms with E-state index < -0.39 is 0 Å². The third kappa shape index (κ3) is 6.61. The van der Waals surface area contributed by atoms with Gasteiger partial charge in [-0.05, 0) is 26.7 Å². The molecule has 1 aliphatic heterocycles. The second-order valence-corrected chi connectivity index (χ2v) is 4.80. The summed E-state index contributed by atoms with van der Waals surface area (Å²) in [6.07, 6.45) is 1.60. The summed E-state index contributed by atoms with van der Waals surface area (Å²) in [5.41, 5.74) is 0. The van der Waals surface area contributed by atoms with Gasteiger partial charge in [0.1, 0.15) is 0 Å². The summed E-state index contributed by atoms with van der Waals surface area (Å²) in [6.45, 7) is 7.15. The summed E-state index contributed by atoms with van der Waals surface area (Å²) >= 11 is 0. The first kappa shape index (κ1) is 14.4. The van der Waals surface area contributed by atoms with Crippen molar-refractivity contribution in [2.24, 2.45) is 0 Å². The summed E-state index contributed by atoms with van der Waals surface area (Å²) in [5.74, 6) is 0.0312. The van der Waals surface area contributed by atoms with Crippen LogP contribution >= 0.6 is 0 Å². The fraction of sp³-hybridized carbons (Fsp3) is 0.917. The summed E-state index contributed by atoms with van der Waals surface area (Å²) < 4.78 is 5.38. The Bertz CT molecular complexity index is 234. The minimum absolute atomic E-state index is 0.0312. The van der Waals surface area contributed by atoms with Crippen molar-refractivity contribution < 1.29 is 14.6 Å². The smallest absolute Gasteiger partial charge is 0.234 e. The van der Waals surface area contributed by atoms with E-state index in [-0.39, 0.29) is 18.1 Å². The van der Waals surface area contributed by atoms with Gasteiger partial charge in [0.25, 0.3) is 0 Å². The molecule has 100 valence electrons. The molecule has 0 unspecified atom stereocenters. The Morgan fingerprint density at radius 2 is 2.35 bits per heavy atom. The van der Waals surface area contributed by atoms with E-state index in [1.165, 1.54) is 0 Å². The van der Waals surface area contributed by atoms with Crippen LogP contribution in [0.15, 0.2) is 0 Å². The molecule has 1 atom stereocenters. The van der Waals surface area contributed by atoms with Gasteiger partial charge in [0.15, 0.2) is 0 Å². The minimum Gasteiger partial charge on any atom is -0.392 e. The van der Waals surface area contributed by atoms with Crippen molar-refractivity contribution in [3.05, 3.63) is 0 Å². The van der Waals surface area contributed by atoms with Gasteiger partial charge in [0, 0.05) is 26.2 Å². The van der Waals surface area contributed by atoms with Crippen LogP contribution in [0.2, 0.25) is 0 Å². The molecular weight excluding hydrogens is 220 g/mol. The predicted octanol–water partition coefficient (Wildman–Crippen LogP) is -0.0157. The number of rotatable bonds is 7. The Labute approximate surface area is 103 Å². The highest BCUT2D eigenvalue weighted by Gasteiger charge is 2.21. The fourth-order valence-electron chi connectivity index (χ4n) is 1.83. The summed E-state index contributed by atoms with van der Waals surface area (Å²) in [5, 5.41) is 12.2. The van der Waals surface area contributed by atoms with Gasteiger partial charge in [-0.1, -0.05) is 0 Å². The molecule has 1 heterocycles. The fourth-order valence-corrected chi connectivity index (χ4v) is 1.83. The van der Waals surface area contributed by atoms with Crippen molar-refractivity contribution in [1.82, 2.24) is 10.2 Å². The monoisotopic (exact) mass is 244 g/mol. The average Bonchev–Trinajstić information content (AvgIpc) is 2.63. The van der Waals surface area contributed by atoms with E-state index in [1.807, 2.05) is 18.7 Å². The molecular formula is C12H24N2O3. The highest BCUT2D eigenvalue weighted by atomic mass is 16.5. The van der Waals surface area contributed by atoms with Crippen LogP contribution in [0.1, 0.15) is 26.7 Å².